The van der Waals surface area contributed by atoms with E-state index < -0.39 is 5.82 Å². The summed E-state index contributed by atoms with van der Waals surface area (Å²) in [5.74, 6) is -0.141. The van der Waals surface area contributed by atoms with Crippen LogP contribution in [0.15, 0.2) is 96.2 Å². The molecule has 0 atom stereocenters. The molecule has 1 aliphatic heterocycles. The Morgan fingerprint density at radius 1 is 0.884 bits per heavy atom. The second-order valence-corrected chi connectivity index (χ2v) is 10.9. The number of aryl methyl sites for hydroxylation is 2. The van der Waals surface area contributed by atoms with Gasteiger partial charge in [-0.05, 0) is 72.3 Å². The van der Waals surface area contributed by atoms with E-state index in [2.05, 4.69) is 58.6 Å². The van der Waals surface area contributed by atoms with Crippen molar-refractivity contribution in [2.75, 3.05) is 24.8 Å². The zero-order valence-corrected chi connectivity index (χ0v) is 23.9. The zero-order chi connectivity index (χ0) is 29.6. The topological polar surface area (TPSA) is 76.3 Å². The molecular weight excluding hydrogens is 545 g/mol. The third-order valence-electron chi connectivity index (χ3n) is 8.00. The van der Waals surface area contributed by atoms with Crippen molar-refractivity contribution in [2.45, 2.75) is 38.8 Å². The van der Waals surface area contributed by atoms with E-state index in [0.29, 0.717) is 27.8 Å². The number of hydrogen-bond acceptors (Lipinski definition) is 6. The van der Waals surface area contributed by atoms with Crippen LogP contribution >= 0.6 is 0 Å². The van der Waals surface area contributed by atoms with Crippen molar-refractivity contribution in [2.24, 2.45) is 5.18 Å². The van der Waals surface area contributed by atoms with Gasteiger partial charge in [-0.2, -0.15) is 0 Å². The lowest BCUT2D eigenvalue weighted by atomic mass is 10.1. The van der Waals surface area contributed by atoms with Crippen LogP contribution in [0.3, 0.4) is 0 Å². The minimum atomic E-state index is -0.420. The van der Waals surface area contributed by atoms with Crippen molar-refractivity contribution in [3.05, 3.63) is 124 Å². The molecule has 7 nitrogen and oxygen atoms in total. The van der Waals surface area contributed by atoms with Gasteiger partial charge in [-0.25, -0.2) is 4.39 Å². The molecule has 5 aromatic rings. The molecular formula is C35H34FN3O4. The molecule has 0 fully saturated rings. The molecule has 2 heterocycles. The van der Waals surface area contributed by atoms with E-state index in [-0.39, 0.29) is 31.5 Å². The quantitative estimate of drug-likeness (QED) is 0.152. The Morgan fingerprint density at radius 2 is 1.56 bits per heavy atom. The van der Waals surface area contributed by atoms with Crippen LogP contribution in [0.25, 0.3) is 10.9 Å². The number of nitroso groups, excluding NO2 is 1. The summed E-state index contributed by atoms with van der Waals surface area (Å²) < 4.78 is 27.0. The van der Waals surface area contributed by atoms with Gasteiger partial charge in [0.1, 0.15) is 11.6 Å². The molecule has 0 bridgehead atoms. The Morgan fingerprint density at radius 3 is 2.21 bits per heavy atom. The van der Waals surface area contributed by atoms with Crippen LogP contribution in [0.1, 0.15) is 35.1 Å². The van der Waals surface area contributed by atoms with Crippen LogP contribution in [0.5, 0.6) is 11.6 Å². The number of aromatic nitrogens is 1. The molecule has 1 aliphatic rings. The zero-order valence-electron chi connectivity index (χ0n) is 23.9. The highest BCUT2D eigenvalue weighted by molar-refractivity contribution is 5.97. The predicted molar refractivity (Wildman–Crippen MR) is 167 cm³/mol. The number of rotatable bonds is 12. The first-order valence-corrected chi connectivity index (χ1v) is 14.6. The van der Waals surface area contributed by atoms with Crippen LogP contribution in [-0.2, 0) is 30.7 Å². The van der Waals surface area contributed by atoms with E-state index in [1.54, 1.807) is 4.57 Å². The fourth-order valence-electron chi connectivity index (χ4n) is 5.91. The van der Waals surface area contributed by atoms with Crippen molar-refractivity contribution in [1.29, 1.82) is 0 Å². The first kappa shape index (κ1) is 28.4. The lowest BCUT2D eigenvalue weighted by molar-refractivity contribution is -0.0173. The van der Waals surface area contributed by atoms with E-state index in [1.165, 1.54) is 23.3 Å². The second kappa shape index (κ2) is 13.1. The number of nitrogens with zero attached hydrogens (tertiary/aromatic N) is 3. The molecule has 0 saturated carbocycles. The molecule has 220 valence electrons. The fraction of sp³-hybridized carbons (Fsp3) is 0.257. The van der Waals surface area contributed by atoms with Gasteiger partial charge in [0.15, 0.2) is 12.5 Å². The summed E-state index contributed by atoms with van der Waals surface area (Å²) >= 11 is 0. The Bertz CT molecular complexity index is 1660. The molecule has 1 aromatic heterocycles. The Kier molecular flexibility index (Phi) is 8.65. The van der Waals surface area contributed by atoms with Gasteiger partial charge < -0.3 is 24.0 Å². The second-order valence-electron chi connectivity index (χ2n) is 10.9. The van der Waals surface area contributed by atoms with Crippen molar-refractivity contribution in [3.8, 4) is 11.6 Å². The minimum absolute atomic E-state index is 0.0279. The Hall–Kier alpha value is -4.69. The summed E-state index contributed by atoms with van der Waals surface area (Å²) in [6, 6.07) is 29.5. The highest BCUT2D eigenvalue weighted by Gasteiger charge is 2.23. The van der Waals surface area contributed by atoms with Crippen LogP contribution in [0.4, 0.5) is 15.8 Å². The molecule has 0 amide bonds. The Balaban J connectivity index is 1.29. The van der Waals surface area contributed by atoms with Gasteiger partial charge in [0, 0.05) is 35.3 Å². The lowest BCUT2D eigenvalue weighted by Crippen LogP contribution is -2.26. The van der Waals surface area contributed by atoms with Gasteiger partial charge in [-0.1, -0.05) is 60.7 Å². The smallest absolute Gasteiger partial charge is 0.222 e. The molecule has 1 N–H and O–H groups in total. The minimum Gasteiger partial charge on any atom is -0.493 e. The third kappa shape index (κ3) is 6.39. The van der Waals surface area contributed by atoms with Crippen LogP contribution in [0.2, 0.25) is 0 Å². The van der Waals surface area contributed by atoms with E-state index >= 15 is 0 Å². The molecule has 0 radical (unpaired) electrons. The molecule has 0 aliphatic carbocycles. The summed E-state index contributed by atoms with van der Waals surface area (Å²) in [5, 5.41) is 14.9. The van der Waals surface area contributed by atoms with Gasteiger partial charge in [-0.3, -0.25) is 0 Å². The third-order valence-corrected chi connectivity index (χ3v) is 8.00. The SMILES string of the molecule is O=Nc1c(O)n(Cc2cc(F)cc3c2OCOC3)c2ccc(N(CCCc3ccccc3)CCCc3ccccc3)cc12. The molecule has 4 aromatic carbocycles. The molecule has 8 heteroatoms. The maximum Gasteiger partial charge on any atom is 0.222 e. The summed E-state index contributed by atoms with van der Waals surface area (Å²) in [7, 11) is 0. The van der Waals surface area contributed by atoms with Gasteiger partial charge in [-0.15, -0.1) is 4.91 Å². The lowest BCUT2D eigenvalue weighted by Gasteiger charge is -2.25. The van der Waals surface area contributed by atoms with Gasteiger partial charge >= 0.3 is 0 Å². The van der Waals surface area contributed by atoms with Crippen LogP contribution in [-0.4, -0.2) is 29.6 Å². The largest absolute Gasteiger partial charge is 0.493 e. The van der Waals surface area contributed by atoms with E-state index in [4.69, 9.17) is 9.47 Å². The molecule has 43 heavy (non-hydrogen) atoms. The molecule has 6 rings (SSSR count). The highest BCUT2D eigenvalue weighted by Crippen LogP contribution is 2.42. The molecule has 0 spiro atoms. The monoisotopic (exact) mass is 579 g/mol. The normalized spacial score (nSPS) is 12.6. The van der Waals surface area contributed by atoms with Crippen molar-refractivity contribution < 1.29 is 19.0 Å². The standard InChI is InChI=1S/C35H34FN3O4/c36-29-19-27(34-28(20-29)23-42-24-43-34)22-39-32-16-15-30(21-31(32)33(37-41)35(39)40)38(17-7-13-25-9-3-1-4-10-25)18-8-14-26-11-5-2-6-12-26/h1-6,9-12,15-16,19-21,40H,7-8,13-14,17-18,22-24H2. The number of ether oxygens (including phenoxy) is 2. The number of aromatic hydroxyl groups is 1. The van der Waals surface area contributed by atoms with E-state index in [9.17, 15) is 14.4 Å². The van der Waals surface area contributed by atoms with Crippen molar-refractivity contribution >= 4 is 22.3 Å². The predicted octanol–water partition coefficient (Wildman–Crippen LogP) is 7.87. The summed E-state index contributed by atoms with van der Waals surface area (Å²) in [4.78, 5) is 14.3. The van der Waals surface area contributed by atoms with Gasteiger partial charge in [0.2, 0.25) is 5.88 Å². The average Bonchev–Trinajstić information content (AvgIpc) is 3.30. The van der Waals surface area contributed by atoms with Gasteiger partial charge in [0.25, 0.3) is 0 Å². The fourth-order valence-corrected chi connectivity index (χ4v) is 5.91. The molecule has 0 saturated heterocycles. The molecule has 0 unspecified atom stereocenters. The Labute approximate surface area is 250 Å². The first-order valence-electron chi connectivity index (χ1n) is 14.6. The maximum atomic E-state index is 14.4. The number of benzene rings is 4. The number of hydrogen-bond donors (Lipinski definition) is 1. The highest BCUT2D eigenvalue weighted by atomic mass is 19.1. The van der Waals surface area contributed by atoms with Crippen LogP contribution < -0.4 is 9.64 Å². The number of halogens is 1. The summed E-state index contributed by atoms with van der Waals surface area (Å²) in [5.41, 5.74) is 5.32. The van der Waals surface area contributed by atoms with Gasteiger partial charge in [0.05, 0.1) is 18.7 Å². The van der Waals surface area contributed by atoms with E-state index in [0.717, 1.165) is 44.5 Å². The van der Waals surface area contributed by atoms with Crippen LogP contribution in [0, 0.1) is 10.7 Å². The first-order chi connectivity index (χ1) is 21.1. The van der Waals surface area contributed by atoms with Crippen molar-refractivity contribution in [3.63, 3.8) is 0 Å². The number of anilines is 1. The summed E-state index contributed by atoms with van der Waals surface area (Å²) in [6.07, 6.45) is 3.85. The summed E-state index contributed by atoms with van der Waals surface area (Å²) in [6.45, 7) is 2.09. The van der Waals surface area contributed by atoms with Crippen molar-refractivity contribution in [1.82, 2.24) is 4.57 Å². The average molecular weight is 580 g/mol. The van der Waals surface area contributed by atoms with E-state index in [1.807, 2.05) is 30.3 Å². The number of fused-ring (bicyclic) bond motifs is 2. The maximum absolute atomic E-state index is 14.4.